The first-order valence-corrected chi connectivity index (χ1v) is 4.31. The lowest BCUT2D eigenvalue weighted by Crippen LogP contribution is -2.03. The average Bonchev–Trinajstić information content (AvgIpc) is 2.39. The van der Waals surface area contributed by atoms with Gasteiger partial charge in [0.05, 0.1) is 0 Å². The summed E-state index contributed by atoms with van der Waals surface area (Å²) in [5.74, 6) is -0.869. The zero-order valence-electron chi connectivity index (χ0n) is 7.47. The second kappa shape index (κ2) is 3.46. The Balaban J connectivity index is 2.42. The molecule has 1 heterocycles. The molecule has 2 rings (SSSR count). The number of allylic oxidation sites excluding steroid dienone is 2. The molecule has 0 bridgehead atoms. The minimum Gasteiger partial charge on any atom is -0.478 e. The predicted molar refractivity (Wildman–Crippen MR) is 52.7 cm³/mol. The highest BCUT2D eigenvalue weighted by atomic mass is 16.4. The Hall–Kier alpha value is -1.90. The highest BCUT2D eigenvalue weighted by Crippen LogP contribution is 2.17. The van der Waals surface area contributed by atoms with E-state index in [1.807, 2.05) is 12.1 Å². The number of carbonyl (C=O) groups is 1. The van der Waals surface area contributed by atoms with Crippen LogP contribution in [-0.2, 0) is 11.2 Å². The molecular formula is C11H9NO2. The lowest BCUT2D eigenvalue weighted by Gasteiger charge is -2.02. The number of aromatic nitrogens is 1. The Bertz CT molecular complexity index is 433. The summed E-state index contributed by atoms with van der Waals surface area (Å²) in [5, 5.41) is 8.87. The Labute approximate surface area is 81.4 Å². The highest BCUT2D eigenvalue weighted by Gasteiger charge is 2.11. The molecule has 3 heteroatoms. The van der Waals surface area contributed by atoms with E-state index >= 15 is 0 Å². The molecule has 1 aliphatic rings. The first kappa shape index (κ1) is 8.69. The van der Waals surface area contributed by atoms with E-state index in [0.717, 1.165) is 11.1 Å². The summed E-state index contributed by atoms with van der Waals surface area (Å²) < 4.78 is 0. The molecule has 0 aliphatic heterocycles. The van der Waals surface area contributed by atoms with Gasteiger partial charge in [-0.05, 0) is 17.2 Å². The number of aliphatic carboxylic acids is 1. The van der Waals surface area contributed by atoms with Crippen molar-refractivity contribution in [2.24, 2.45) is 0 Å². The van der Waals surface area contributed by atoms with E-state index < -0.39 is 5.97 Å². The van der Waals surface area contributed by atoms with Gasteiger partial charge in [-0.25, -0.2) is 4.79 Å². The fourth-order valence-electron chi connectivity index (χ4n) is 1.43. The molecule has 1 aromatic rings. The average molecular weight is 187 g/mol. The van der Waals surface area contributed by atoms with Gasteiger partial charge < -0.3 is 5.11 Å². The molecule has 0 spiro atoms. The van der Waals surface area contributed by atoms with E-state index in [-0.39, 0.29) is 0 Å². The van der Waals surface area contributed by atoms with Gasteiger partial charge in [-0.1, -0.05) is 18.2 Å². The Morgan fingerprint density at radius 2 is 2.36 bits per heavy atom. The molecular weight excluding hydrogens is 178 g/mol. The quantitative estimate of drug-likeness (QED) is 0.727. The Morgan fingerprint density at radius 3 is 3.14 bits per heavy atom. The molecule has 70 valence electrons. The molecule has 0 unspecified atom stereocenters. The summed E-state index contributed by atoms with van der Waals surface area (Å²) >= 11 is 0. The van der Waals surface area contributed by atoms with Gasteiger partial charge in [-0.3, -0.25) is 4.98 Å². The van der Waals surface area contributed by atoms with Crippen LogP contribution in [0.25, 0.3) is 6.08 Å². The molecule has 0 saturated heterocycles. The maximum Gasteiger partial charge on any atom is 0.331 e. The lowest BCUT2D eigenvalue weighted by molar-refractivity contribution is -0.132. The summed E-state index contributed by atoms with van der Waals surface area (Å²) in [6, 6.07) is 1.88. The fraction of sp³-hybridized carbons (Fsp3) is 0.0909. The lowest BCUT2D eigenvalue weighted by atomic mass is 10.0. The van der Waals surface area contributed by atoms with E-state index in [1.165, 1.54) is 0 Å². The van der Waals surface area contributed by atoms with Crippen LogP contribution in [0.2, 0.25) is 0 Å². The maximum atomic E-state index is 10.8. The van der Waals surface area contributed by atoms with Crippen LogP contribution in [0.3, 0.4) is 0 Å². The van der Waals surface area contributed by atoms with Crippen molar-refractivity contribution < 1.29 is 9.90 Å². The van der Waals surface area contributed by atoms with Gasteiger partial charge in [-0.15, -0.1) is 0 Å². The second-order valence-corrected chi connectivity index (χ2v) is 3.11. The Morgan fingerprint density at radius 1 is 1.50 bits per heavy atom. The zero-order valence-corrected chi connectivity index (χ0v) is 7.47. The van der Waals surface area contributed by atoms with Crippen LogP contribution in [0.5, 0.6) is 0 Å². The van der Waals surface area contributed by atoms with Crippen LogP contribution in [0, 0.1) is 0 Å². The molecule has 0 aromatic carbocycles. The maximum absolute atomic E-state index is 10.8. The monoisotopic (exact) mass is 187 g/mol. The standard InChI is InChI=1S/C11H9NO2/c13-11(14)9-3-1-2-8-4-5-12-7-10(8)6-9/h1-5,7H,6H2,(H,13,14). The number of rotatable bonds is 1. The SMILES string of the molecule is O=C(O)C1=CC=Cc2ccncc2C1. The molecule has 0 atom stereocenters. The van der Waals surface area contributed by atoms with Gasteiger partial charge >= 0.3 is 5.97 Å². The number of carboxylic acids is 1. The molecule has 1 aliphatic carbocycles. The molecule has 0 radical (unpaired) electrons. The van der Waals surface area contributed by atoms with Crippen molar-refractivity contribution in [2.75, 3.05) is 0 Å². The number of hydrogen-bond acceptors (Lipinski definition) is 2. The smallest absolute Gasteiger partial charge is 0.331 e. The van der Waals surface area contributed by atoms with Crippen LogP contribution in [-0.4, -0.2) is 16.1 Å². The van der Waals surface area contributed by atoms with E-state index in [9.17, 15) is 4.79 Å². The molecule has 0 amide bonds. The summed E-state index contributed by atoms with van der Waals surface area (Å²) in [5.41, 5.74) is 2.38. The highest BCUT2D eigenvalue weighted by molar-refractivity contribution is 5.88. The summed E-state index contributed by atoms with van der Waals surface area (Å²) in [6.07, 6.45) is 9.13. The minimum absolute atomic E-state index is 0.396. The topological polar surface area (TPSA) is 50.2 Å². The number of pyridine rings is 1. The largest absolute Gasteiger partial charge is 0.478 e. The predicted octanol–water partition coefficient (Wildman–Crippen LogP) is 1.66. The van der Waals surface area contributed by atoms with Crippen molar-refractivity contribution in [1.29, 1.82) is 0 Å². The first-order chi connectivity index (χ1) is 6.77. The number of carboxylic acid groups (broad SMARTS) is 1. The molecule has 14 heavy (non-hydrogen) atoms. The molecule has 3 nitrogen and oxygen atoms in total. The number of nitrogens with zero attached hydrogens (tertiary/aromatic N) is 1. The summed E-state index contributed by atoms with van der Waals surface area (Å²) in [4.78, 5) is 14.8. The van der Waals surface area contributed by atoms with E-state index in [2.05, 4.69) is 4.98 Å². The first-order valence-electron chi connectivity index (χ1n) is 4.31. The third-order valence-corrected chi connectivity index (χ3v) is 2.17. The van der Waals surface area contributed by atoms with Gasteiger partial charge in [0.2, 0.25) is 0 Å². The van der Waals surface area contributed by atoms with Crippen LogP contribution in [0.4, 0.5) is 0 Å². The van der Waals surface area contributed by atoms with Gasteiger partial charge in [-0.2, -0.15) is 0 Å². The van der Waals surface area contributed by atoms with Gasteiger partial charge in [0, 0.05) is 24.4 Å². The number of fused-ring (bicyclic) bond motifs is 1. The van der Waals surface area contributed by atoms with Gasteiger partial charge in [0.15, 0.2) is 0 Å². The van der Waals surface area contributed by atoms with Crippen LogP contribution in [0.1, 0.15) is 11.1 Å². The minimum atomic E-state index is -0.869. The summed E-state index contributed by atoms with van der Waals surface area (Å²) in [6.45, 7) is 0. The van der Waals surface area contributed by atoms with Crippen molar-refractivity contribution in [3.8, 4) is 0 Å². The van der Waals surface area contributed by atoms with Crippen LogP contribution < -0.4 is 0 Å². The molecule has 1 N–H and O–H groups in total. The normalized spacial score (nSPS) is 14.1. The van der Waals surface area contributed by atoms with Crippen molar-refractivity contribution in [2.45, 2.75) is 6.42 Å². The number of hydrogen-bond donors (Lipinski definition) is 1. The van der Waals surface area contributed by atoms with Crippen molar-refractivity contribution in [3.05, 3.63) is 47.3 Å². The van der Waals surface area contributed by atoms with Crippen molar-refractivity contribution >= 4 is 12.0 Å². The molecule has 1 aromatic heterocycles. The second-order valence-electron chi connectivity index (χ2n) is 3.11. The van der Waals surface area contributed by atoms with Crippen molar-refractivity contribution in [3.63, 3.8) is 0 Å². The third kappa shape index (κ3) is 1.57. The van der Waals surface area contributed by atoms with Gasteiger partial charge in [0.1, 0.15) is 0 Å². The Kier molecular flexibility index (Phi) is 2.14. The van der Waals surface area contributed by atoms with Gasteiger partial charge in [0.25, 0.3) is 0 Å². The third-order valence-electron chi connectivity index (χ3n) is 2.17. The van der Waals surface area contributed by atoms with Crippen LogP contribution in [0.15, 0.2) is 36.2 Å². The fourth-order valence-corrected chi connectivity index (χ4v) is 1.43. The zero-order chi connectivity index (χ0) is 9.97. The summed E-state index contributed by atoms with van der Waals surface area (Å²) in [7, 11) is 0. The van der Waals surface area contributed by atoms with Crippen molar-refractivity contribution in [1.82, 2.24) is 4.98 Å². The molecule has 0 saturated carbocycles. The molecule has 0 fully saturated rings. The van der Waals surface area contributed by atoms with Crippen LogP contribution >= 0.6 is 0 Å². The van der Waals surface area contributed by atoms with E-state index in [1.54, 1.807) is 24.5 Å². The van der Waals surface area contributed by atoms with E-state index in [0.29, 0.717) is 12.0 Å². The van der Waals surface area contributed by atoms with E-state index in [4.69, 9.17) is 5.11 Å².